The molecule has 0 fully saturated rings. The second-order valence-corrected chi connectivity index (χ2v) is 3.31. The molecule has 0 spiro atoms. The van der Waals surface area contributed by atoms with Gasteiger partial charge in [-0.05, 0) is 30.2 Å². The summed E-state index contributed by atoms with van der Waals surface area (Å²) in [5.41, 5.74) is 1.09. The lowest BCUT2D eigenvalue weighted by Crippen LogP contribution is -1.96. The van der Waals surface area contributed by atoms with Crippen LogP contribution in [0.25, 0.3) is 6.08 Å². The van der Waals surface area contributed by atoms with Gasteiger partial charge in [0.15, 0.2) is 0 Å². The van der Waals surface area contributed by atoms with E-state index in [0.717, 1.165) is 30.8 Å². The van der Waals surface area contributed by atoms with Crippen molar-refractivity contribution >= 4 is 6.08 Å². The van der Waals surface area contributed by atoms with Gasteiger partial charge in [0.1, 0.15) is 5.75 Å². The number of benzene rings is 1. The van der Waals surface area contributed by atoms with E-state index in [1.165, 1.54) is 0 Å². The Morgan fingerprint density at radius 2 is 2.20 bits per heavy atom. The van der Waals surface area contributed by atoms with Crippen LogP contribution in [0.1, 0.15) is 25.3 Å². The highest BCUT2D eigenvalue weighted by molar-refractivity contribution is 5.50. The zero-order valence-corrected chi connectivity index (χ0v) is 9.40. The van der Waals surface area contributed by atoms with Crippen LogP contribution in [0.5, 0.6) is 5.75 Å². The molecule has 0 saturated heterocycles. The number of hydrogen-bond acceptors (Lipinski definition) is 2. The summed E-state index contributed by atoms with van der Waals surface area (Å²) in [5, 5.41) is 0. The van der Waals surface area contributed by atoms with Crippen molar-refractivity contribution in [1.82, 2.24) is 0 Å². The molecular weight excluding hydrogens is 188 g/mol. The van der Waals surface area contributed by atoms with Crippen molar-refractivity contribution in [2.24, 2.45) is 0 Å². The van der Waals surface area contributed by atoms with Gasteiger partial charge in [0.2, 0.25) is 0 Å². The Kier molecular flexibility index (Phi) is 5.38. The summed E-state index contributed by atoms with van der Waals surface area (Å²) in [5.74, 6) is 0.918. The Labute approximate surface area is 91.5 Å². The standard InChI is InChI=1S/C13H18O2/c1-3-4-9-15-13-7-5-6-12(11-13)8-10-14-2/h5-8,10-11H,3-4,9H2,1-2H3. The molecule has 0 aliphatic rings. The maximum absolute atomic E-state index is 5.59. The molecule has 0 aliphatic heterocycles. The van der Waals surface area contributed by atoms with Crippen LogP contribution in [0.3, 0.4) is 0 Å². The molecule has 0 bridgehead atoms. The van der Waals surface area contributed by atoms with Gasteiger partial charge >= 0.3 is 0 Å². The molecule has 2 heteroatoms. The van der Waals surface area contributed by atoms with Crippen LogP contribution in [0.15, 0.2) is 30.5 Å². The Morgan fingerprint density at radius 1 is 1.33 bits per heavy atom. The Morgan fingerprint density at radius 3 is 2.93 bits per heavy atom. The molecule has 0 unspecified atom stereocenters. The van der Waals surface area contributed by atoms with E-state index in [2.05, 4.69) is 6.92 Å². The van der Waals surface area contributed by atoms with Gasteiger partial charge in [0.25, 0.3) is 0 Å². The Bertz CT molecular complexity index is 305. The van der Waals surface area contributed by atoms with Crippen molar-refractivity contribution in [2.45, 2.75) is 19.8 Å². The van der Waals surface area contributed by atoms with E-state index in [9.17, 15) is 0 Å². The summed E-state index contributed by atoms with van der Waals surface area (Å²) in [6, 6.07) is 7.98. The van der Waals surface area contributed by atoms with Gasteiger partial charge < -0.3 is 9.47 Å². The van der Waals surface area contributed by atoms with Gasteiger partial charge in [0.05, 0.1) is 20.0 Å². The molecule has 0 amide bonds. The molecule has 1 aromatic carbocycles. The molecule has 1 aromatic rings. The predicted molar refractivity (Wildman–Crippen MR) is 62.9 cm³/mol. The first-order valence-electron chi connectivity index (χ1n) is 5.29. The topological polar surface area (TPSA) is 18.5 Å². The highest BCUT2D eigenvalue weighted by Gasteiger charge is 1.93. The van der Waals surface area contributed by atoms with Gasteiger partial charge in [0, 0.05) is 0 Å². The van der Waals surface area contributed by atoms with E-state index in [4.69, 9.17) is 9.47 Å². The molecule has 82 valence electrons. The van der Waals surface area contributed by atoms with Crippen molar-refractivity contribution in [2.75, 3.05) is 13.7 Å². The maximum Gasteiger partial charge on any atom is 0.119 e. The summed E-state index contributed by atoms with van der Waals surface area (Å²) < 4.78 is 10.5. The van der Waals surface area contributed by atoms with Gasteiger partial charge in [-0.25, -0.2) is 0 Å². The molecule has 15 heavy (non-hydrogen) atoms. The summed E-state index contributed by atoms with van der Waals surface area (Å²) >= 11 is 0. The minimum absolute atomic E-state index is 0.786. The fraction of sp³-hybridized carbons (Fsp3) is 0.385. The smallest absolute Gasteiger partial charge is 0.119 e. The third-order valence-electron chi connectivity index (χ3n) is 2.02. The molecule has 0 atom stereocenters. The van der Waals surface area contributed by atoms with Crippen molar-refractivity contribution in [3.63, 3.8) is 0 Å². The maximum atomic E-state index is 5.59. The van der Waals surface area contributed by atoms with Gasteiger partial charge in [-0.3, -0.25) is 0 Å². The molecule has 0 heterocycles. The Balaban J connectivity index is 2.53. The van der Waals surface area contributed by atoms with Gasteiger partial charge in [-0.15, -0.1) is 0 Å². The average Bonchev–Trinajstić information content (AvgIpc) is 2.27. The van der Waals surface area contributed by atoms with Crippen LogP contribution in [0.4, 0.5) is 0 Å². The highest BCUT2D eigenvalue weighted by atomic mass is 16.5. The molecular formula is C13H18O2. The number of hydrogen-bond donors (Lipinski definition) is 0. The van der Waals surface area contributed by atoms with Crippen molar-refractivity contribution in [3.05, 3.63) is 36.1 Å². The zero-order valence-electron chi connectivity index (χ0n) is 9.40. The third kappa shape index (κ3) is 4.54. The highest BCUT2D eigenvalue weighted by Crippen LogP contribution is 2.14. The number of unbranched alkanes of at least 4 members (excludes halogenated alkanes) is 1. The summed E-state index contributed by atoms with van der Waals surface area (Å²) in [7, 11) is 1.64. The van der Waals surface area contributed by atoms with Crippen molar-refractivity contribution < 1.29 is 9.47 Å². The van der Waals surface area contributed by atoms with E-state index >= 15 is 0 Å². The molecule has 0 radical (unpaired) electrons. The first kappa shape index (κ1) is 11.6. The second-order valence-electron chi connectivity index (χ2n) is 3.31. The summed E-state index contributed by atoms with van der Waals surface area (Å²) in [6.07, 6.45) is 5.82. The fourth-order valence-corrected chi connectivity index (χ4v) is 1.19. The second kappa shape index (κ2) is 6.93. The van der Waals surface area contributed by atoms with Crippen molar-refractivity contribution in [3.8, 4) is 5.75 Å². The molecule has 0 saturated carbocycles. The number of ether oxygens (including phenoxy) is 2. The normalized spacial score (nSPS) is 10.5. The lowest BCUT2D eigenvalue weighted by Gasteiger charge is -2.05. The first-order chi connectivity index (χ1) is 7.36. The van der Waals surface area contributed by atoms with E-state index in [1.807, 2.05) is 30.3 Å². The van der Waals surface area contributed by atoms with E-state index in [1.54, 1.807) is 13.4 Å². The number of methoxy groups -OCH3 is 1. The van der Waals surface area contributed by atoms with E-state index in [0.29, 0.717) is 0 Å². The van der Waals surface area contributed by atoms with E-state index in [-0.39, 0.29) is 0 Å². The molecule has 0 aliphatic carbocycles. The molecule has 0 aromatic heterocycles. The minimum Gasteiger partial charge on any atom is -0.504 e. The first-order valence-corrected chi connectivity index (χ1v) is 5.29. The van der Waals surface area contributed by atoms with Crippen LogP contribution >= 0.6 is 0 Å². The van der Waals surface area contributed by atoms with Gasteiger partial charge in [-0.2, -0.15) is 0 Å². The van der Waals surface area contributed by atoms with Crippen LogP contribution in [-0.2, 0) is 4.74 Å². The Hall–Kier alpha value is -1.44. The van der Waals surface area contributed by atoms with Gasteiger partial charge in [-0.1, -0.05) is 25.5 Å². The fourth-order valence-electron chi connectivity index (χ4n) is 1.19. The SMILES string of the molecule is CCCCOc1cccc(C=COC)c1. The lowest BCUT2D eigenvalue weighted by atomic mass is 10.2. The average molecular weight is 206 g/mol. The van der Waals surface area contributed by atoms with Crippen LogP contribution in [0, 0.1) is 0 Å². The van der Waals surface area contributed by atoms with E-state index < -0.39 is 0 Å². The monoisotopic (exact) mass is 206 g/mol. The van der Waals surface area contributed by atoms with Crippen molar-refractivity contribution in [1.29, 1.82) is 0 Å². The van der Waals surface area contributed by atoms with Crippen LogP contribution in [-0.4, -0.2) is 13.7 Å². The molecule has 2 nitrogen and oxygen atoms in total. The van der Waals surface area contributed by atoms with Crippen LogP contribution in [0.2, 0.25) is 0 Å². The summed E-state index contributed by atoms with van der Waals surface area (Å²) in [6.45, 7) is 2.94. The quantitative estimate of drug-likeness (QED) is 0.524. The third-order valence-corrected chi connectivity index (χ3v) is 2.02. The molecule has 0 N–H and O–H groups in total. The molecule has 1 rings (SSSR count). The predicted octanol–water partition coefficient (Wildman–Crippen LogP) is 3.48. The summed E-state index contributed by atoms with van der Waals surface area (Å²) in [4.78, 5) is 0. The number of rotatable bonds is 6. The minimum atomic E-state index is 0.786. The zero-order chi connectivity index (χ0) is 10.9. The largest absolute Gasteiger partial charge is 0.504 e. The van der Waals surface area contributed by atoms with Crippen LogP contribution < -0.4 is 4.74 Å². The lowest BCUT2D eigenvalue weighted by molar-refractivity contribution is 0.309.